The van der Waals surface area contributed by atoms with Crippen LogP contribution in [0.25, 0.3) is 0 Å². The molecule has 0 saturated carbocycles. The molecular formula is C25H26N2O. The third kappa shape index (κ3) is 3.23. The van der Waals surface area contributed by atoms with Gasteiger partial charge in [-0.25, -0.2) is 0 Å². The van der Waals surface area contributed by atoms with E-state index in [0.29, 0.717) is 0 Å². The molecule has 1 heterocycles. The van der Waals surface area contributed by atoms with E-state index in [0.717, 1.165) is 26.2 Å². The van der Waals surface area contributed by atoms with Crippen LogP contribution < -0.4 is 0 Å². The number of rotatable bonds is 4. The number of amides is 1. The molecule has 1 aliphatic heterocycles. The molecular weight excluding hydrogens is 344 g/mol. The van der Waals surface area contributed by atoms with Gasteiger partial charge in [-0.1, -0.05) is 91.0 Å². The second-order valence-corrected chi connectivity index (χ2v) is 7.30. The Morgan fingerprint density at radius 2 is 1.00 bits per heavy atom. The first-order valence-corrected chi connectivity index (χ1v) is 9.90. The van der Waals surface area contributed by atoms with E-state index in [1.54, 1.807) is 6.92 Å². The standard InChI is InChI=1S/C25H26N2O/c1-21(28)26-17-19-27(20-18-26)25(22-11-5-2-6-12-22,23-13-7-3-8-14-23)24-15-9-4-10-16-24/h2-16H,17-20H2,1H3. The van der Waals surface area contributed by atoms with Gasteiger partial charge in [0.25, 0.3) is 0 Å². The number of piperazine rings is 1. The first kappa shape index (κ1) is 18.5. The molecule has 3 nitrogen and oxygen atoms in total. The normalized spacial score (nSPS) is 15.4. The second kappa shape index (κ2) is 7.99. The Balaban J connectivity index is 1.91. The monoisotopic (exact) mass is 370 g/mol. The largest absolute Gasteiger partial charge is 0.340 e. The number of hydrogen-bond acceptors (Lipinski definition) is 2. The Hall–Kier alpha value is -2.91. The minimum Gasteiger partial charge on any atom is -0.340 e. The van der Waals surface area contributed by atoms with E-state index in [2.05, 4.69) is 95.9 Å². The highest BCUT2D eigenvalue weighted by Gasteiger charge is 2.43. The molecule has 0 aromatic heterocycles. The van der Waals surface area contributed by atoms with Crippen LogP contribution in [0.15, 0.2) is 91.0 Å². The summed E-state index contributed by atoms with van der Waals surface area (Å²) in [6.45, 7) is 4.83. The molecule has 1 saturated heterocycles. The molecule has 0 bridgehead atoms. The number of carbonyl (C=O) groups is 1. The number of hydrogen-bond donors (Lipinski definition) is 0. The van der Waals surface area contributed by atoms with E-state index in [9.17, 15) is 4.79 Å². The minimum atomic E-state index is -0.382. The zero-order valence-corrected chi connectivity index (χ0v) is 16.3. The Bertz CT molecular complexity index is 804. The van der Waals surface area contributed by atoms with E-state index < -0.39 is 0 Å². The van der Waals surface area contributed by atoms with Crippen LogP contribution in [0.4, 0.5) is 0 Å². The molecule has 1 fully saturated rings. The third-order valence-electron chi connectivity index (χ3n) is 5.77. The highest BCUT2D eigenvalue weighted by molar-refractivity contribution is 5.73. The van der Waals surface area contributed by atoms with Crippen LogP contribution in [0.1, 0.15) is 23.6 Å². The lowest BCUT2D eigenvalue weighted by Gasteiger charge is -2.49. The Morgan fingerprint density at radius 1 is 0.643 bits per heavy atom. The summed E-state index contributed by atoms with van der Waals surface area (Å²) < 4.78 is 0. The number of benzene rings is 3. The highest BCUT2D eigenvalue weighted by Crippen LogP contribution is 2.42. The maximum absolute atomic E-state index is 11.9. The van der Waals surface area contributed by atoms with Crippen molar-refractivity contribution in [1.82, 2.24) is 9.80 Å². The van der Waals surface area contributed by atoms with Gasteiger partial charge < -0.3 is 4.90 Å². The van der Waals surface area contributed by atoms with Crippen LogP contribution in [0.5, 0.6) is 0 Å². The van der Waals surface area contributed by atoms with E-state index in [1.807, 2.05) is 4.90 Å². The lowest BCUT2D eigenvalue weighted by Crippen LogP contribution is -2.57. The van der Waals surface area contributed by atoms with Gasteiger partial charge in [-0.3, -0.25) is 9.69 Å². The first-order valence-electron chi connectivity index (χ1n) is 9.90. The molecule has 3 aromatic rings. The molecule has 0 aliphatic carbocycles. The average Bonchev–Trinajstić information content (AvgIpc) is 2.77. The maximum atomic E-state index is 11.9. The van der Waals surface area contributed by atoms with Crippen LogP contribution in [0, 0.1) is 0 Å². The summed E-state index contributed by atoms with van der Waals surface area (Å²) in [6.07, 6.45) is 0. The lowest BCUT2D eigenvalue weighted by molar-refractivity contribution is -0.131. The van der Waals surface area contributed by atoms with Crippen LogP contribution >= 0.6 is 0 Å². The Morgan fingerprint density at radius 3 is 1.32 bits per heavy atom. The maximum Gasteiger partial charge on any atom is 0.219 e. The molecule has 1 amide bonds. The molecule has 1 aliphatic rings. The molecule has 0 atom stereocenters. The summed E-state index contributed by atoms with van der Waals surface area (Å²) in [4.78, 5) is 16.4. The second-order valence-electron chi connectivity index (χ2n) is 7.30. The van der Waals surface area contributed by atoms with E-state index in [1.165, 1.54) is 16.7 Å². The average molecular weight is 370 g/mol. The van der Waals surface area contributed by atoms with Crippen LogP contribution in [0.2, 0.25) is 0 Å². The fraction of sp³-hybridized carbons (Fsp3) is 0.240. The Labute approximate surface area is 167 Å². The highest BCUT2D eigenvalue weighted by atomic mass is 16.2. The summed E-state index contributed by atoms with van der Waals surface area (Å²) in [5.74, 6) is 0.157. The molecule has 4 rings (SSSR count). The van der Waals surface area contributed by atoms with Crippen molar-refractivity contribution in [3.63, 3.8) is 0 Å². The van der Waals surface area contributed by atoms with Crippen LogP contribution in [0.3, 0.4) is 0 Å². The summed E-state index contributed by atoms with van der Waals surface area (Å²) in [5.41, 5.74) is 3.38. The summed E-state index contributed by atoms with van der Waals surface area (Å²) in [5, 5.41) is 0. The van der Waals surface area contributed by atoms with Crippen molar-refractivity contribution in [3.8, 4) is 0 Å². The van der Waals surface area contributed by atoms with E-state index >= 15 is 0 Å². The van der Waals surface area contributed by atoms with Crippen molar-refractivity contribution in [2.24, 2.45) is 0 Å². The van der Waals surface area contributed by atoms with Gasteiger partial charge in [0.1, 0.15) is 0 Å². The summed E-state index contributed by atoms with van der Waals surface area (Å²) in [7, 11) is 0. The predicted molar refractivity (Wildman–Crippen MR) is 113 cm³/mol. The molecule has 0 radical (unpaired) electrons. The fourth-order valence-electron chi connectivity index (χ4n) is 4.44. The smallest absolute Gasteiger partial charge is 0.219 e. The quantitative estimate of drug-likeness (QED) is 0.645. The van der Waals surface area contributed by atoms with Crippen molar-refractivity contribution in [1.29, 1.82) is 0 Å². The molecule has 3 heteroatoms. The van der Waals surface area contributed by atoms with Gasteiger partial charge in [0.05, 0.1) is 5.54 Å². The topological polar surface area (TPSA) is 23.6 Å². The van der Waals surface area contributed by atoms with E-state index in [-0.39, 0.29) is 11.4 Å². The molecule has 0 N–H and O–H groups in total. The first-order chi connectivity index (χ1) is 13.7. The minimum absolute atomic E-state index is 0.157. The zero-order valence-electron chi connectivity index (χ0n) is 16.3. The fourth-order valence-corrected chi connectivity index (χ4v) is 4.44. The van der Waals surface area contributed by atoms with Crippen molar-refractivity contribution < 1.29 is 4.79 Å². The zero-order chi connectivity index (χ0) is 19.4. The molecule has 28 heavy (non-hydrogen) atoms. The van der Waals surface area contributed by atoms with E-state index in [4.69, 9.17) is 0 Å². The Kier molecular flexibility index (Phi) is 5.27. The molecule has 142 valence electrons. The van der Waals surface area contributed by atoms with Crippen molar-refractivity contribution in [2.75, 3.05) is 26.2 Å². The van der Waals surface area contributed by atoms with Gasteiger partial charge in [0, 0.05) is 33.1 Å². The van der Waals surface area contributed by atoms with Gasteiger partial charge in [0.15, 0.2) is 0 Å². The molecule has 0 spiro atoms. The van der Waals surface area contributed by atoms with Gasteiger partial charge in [-0.15, -0.1) is 0 Å². The van der Waals surface area contributed by atoms with Crippen molar-refractivity contribution >= 4 is 5.91 Å². The van der Waals surface area contributed by atoms with Gasteiger partial charge >= 0.3 is 0 Å². The predicted octanol–water partition coefficient (Wildman–Crippen LogP) is 4.14. The number of carbonyl (C=O) groups excluding carboxylic acids is 1. The number of nitrogens with zero attached hydrogens (tertiary/aromatic N) is 2. The molecule has 0 unspecified atom stereocenters. The van der Waals surface area contributed by atoms with Crippen LogP contribution in [-0.2, 0) is 10.3 Å². The van der Waals surface area contributed by atoms with Crippen molar-refractivity contribution in [3.05, 3.63) is 108 Å². The molecule has 3 aromatic carbocycles. The third-order valence-corrected chi connectivity index (χ3v) is 5.77. The van der Waals surface area contributed by atoms with Gasteiger partial charge in [0.2, 0.25) is 5.91 Å². The summed E-state index contributed by atoms with van der Waals surface area (Å²) in [6, 6.07) is 32.2. The van der Waals surface area contributed by atoms with Crippen LogP contribution in [-0.4, -0.2) is 41.9 Å². The summed E-state index contributed by atoms with van der Waals surface area (Å²) >= 11 is 0. The SMILES string of the molecule is CC(=O)N1CCN(C(c2ccccc2)(c2ccccc2)c2ccccc2)CC1. The van der Waals surface area contributed by atoms with Gasteiger partial charge in [-0.2, -0.15) is 0 Å². The van der Waals surface area contributed by atoms with Crippen molar-refractivity contribution in [2.45, 2.75) is 12.5 Å². The lowest BCUT2D eigenvalue weighted by atomic mass is 9.75. The van der Waals surface area contributed by atoms with Gasteiger partial charge in [-0.05, 0) is 16.7 Å².